The Morgan fingerprint density at radius 3 is 2.85 bits per heavy atom. The Balaban J connectivity index is 1.72. The van der Waals surface area contributed by atoms with Gasteiger partial charge in [-0.05, 0) is 26.0 Å². The van der Waals surface area contributed by atoms with E-state index >= 15 is 0 Å². The quantitative estimate of drug-likeness (QED) is 0.857. The number of hydrogen-bond donors (Lipinski definition) is 0. The van der Waals surface area contributed by atoms with E-state index in [1.807, 2.05) is 30.3 Å². The van der Waals surface area contributed by atoms with Gasteiger partial charge in [0.05, 0.1) is 11.3 Å². The highest BCUT2D eigenvalue weighted by molar-refractivity contribution is 8.39. The predicted octanol–water partition coefficient (Wildman–Crippen LogP) is 4.02. The standard InChI is InChI=1S/C14H15N3OS2/c1-9-8-19-14(15-9)20-10(2)12-16-13(18-17-12)11-6-4-3-5-7-11/h3-7,9-10H,8H2,1-2H3/t9-,10-/m1/s1. The summed E-state index contributed by atoms with van der Waals surface area (Å²) in [6, 6.07) is 10.2. The van der Waals surface area contributed by atoms with Crippen LogP contribution in [0.2, 0.25) is 0 Å². The minimum absolute atomic E-state index is 0.146. The van der Waals surface area contributed by atoms with Crippen molar-refractivity contribution >= 4 is 27.9 Å². The van der Waals surface area contributed by atoms with E-state index in [0.29, 0.717) is 11.9 Å². The molecule has 0 radical (unpaired) electrons. The highest BCUT2D eigenvalue weighted by Crippen LogP contribution is 2.35. The van der Waals surface area contributed by atoms with E-state index in [4.69, 9.17) is 4.52 Å². The molecule has 2 atom stereocenters. The topological polar surface area (TPSA) is 51.3 Å². The van der Waals surface area contributed by atoms with Crippen molar-refractivity contribution in [1.82, 2.24) is 10.1 Å². The van der Waals surface area contributed by atoms with Crippen molar-refractivity contribution in [3.63, 3.8) is 0 Å². The Hall–Kier alpha value is -1.27. The summed E-state index contributed by atoms with van der Waals surface area (Å²) in [6.07, 6.45) is 0. The van der Waals surface area contributed by atoms with Crippen LogP contribution >= 0.6 is 23.5 Å². The van der Waals surface area contributed by atoms with Gasteiger partial charge >= 0.3 is 0 Å². The fourth-order valence-corrected chi connectivity index (χ4v) is 4.18. The van der Waals surface area contributed by atoms with Gasteiger partial charge in [0.2, 0.25) is 0 Å². The molecule has 0 saturated heterocycles. The van der Waals surface area contributed by atoms with Crippen molar-refractivity contribution in [1.29, 1.82) is 0 Å². The lowest BCUT2D eigenvalue weighted by Gasteiger charge is -2.04. The van der Waals surface area contributed by atoms with E-state index in [2.05, 4.69) is 29.0 Å². The maximum Gasteiger partial charge on any atom is 0.257 e. The first-order chi connectivity index (χ1) is 9.72. The van der Waals surface area contributed by atoms with Crippen LogP contribution in [0, 0.1) is 0 Å². The van der Waals surface area contributed by atoms with E-state index in [0.717, 1.165) is 21.5 Å². The third-order valence-corrected chi connectivity index (χ3v) is 5.39. The zero-order chi connectivity index (χ0) is 13.9. The SMILES string of the molecule is C[C@@H]1CSC(S[C@H](C)c2noc(-c3ccccc3)n2)=N1. The number of rotatable bonds is 3. The lowest BCUT2D eigenvalue weighted by molar-refractivity contribution is 0.423. The summed E-state index contributed by atoms with van der Waals surface area (Å²) in [4.78, 5) is 9.05. The molecule has 1 aromatic carbocycles. The first kappa shape index (κ1) is 13.7. The van der Waals surface area contributed by atoms with Gasteiger partial charge in [-0.3, -0.25) is 4.99 Å². The van der Waals surface area contributed by atoms with Crippen LogP contribution in [0.1, 0.15) is 24.9 Å². The maximum atomic E-state index is 5.34. The molecule has 0 amide bonds. The predicted molar refractivity (Wildman–Crippen MR) is 85.1 cm³/mol. The molecule has 0 spiro atoms. The van der Waals surface area contributed by atoms with Crippen LogP contribution in [0.4, 0.5) is 0 Å². The van der Waals surface area contributed by atoms with Crippen molar-refractivity contribution in [3.8, 4) is 11.5 Å². The molecule has 2 heterocycles. The molecular weight excluding hydrogens is 290 g/mol. The van der Waals surface area contributed by atoms with Gasteiger partial charge in [0.1, 0.15) is 4.38 Å². The van der Waals surface area contributed by atoms with Crippen LogP contribution in [-0.2, 0) is 0 Å². The lowest BCUT2D eigenvalue weighted by atomic mass is 10.2. The molecule has 6 heteroatoms. The summed E-state index contributed by atoms with van der Waals surface area (Å²) < 4.78 is 6.46. The average Bonchev–Trinajstić information content (AvgIpc) is 3.09. The van der Waals surface area contributed by atoms with E-state index in [9.17, 15) is 0 Å². The monoisotopic (exact) mass is 305 g/mol. The molecule has 2 aromatic rings. The minimum atomic E-state index is 0.146. The highest BCUT2D eigenvalue weighted by Gasteiger charge is 2.21. The Morgan fingerprint density at radius 2 is 2.15 bits per heavy atom. The van der Waals surface area contributed by atoms with Crippen molar-refractivity contribution in [2.75, 3.05) is 5.75 Å². The molecule has 1 aliphatic rings. The molecule has 104 valence electrons. The van der Waals surface area contributed by atoms with E-state index in [1.54, 1.807) is 23.5 Å². The lowest BCUT2D eigenvalue weighted by Crippen LogP contribution is -1.95. The van der Waals surface area contributed by atoms with Crippen LogP contribution in [0.3, 0.4) is 0 Å². The van der Waals surface area contributed by atoms with Crippen LogP contribution in [0.25, 0.3) is 11.5 Å². The Bertz CT molecular complexity index is 612. The number of aromatic nitrogens is 2. The van der Waals surface area contributed by atoms with E-state index < -0.39 is 0 Å². The molecule has 0 aliphatic carbocycles. The molecule has 4 nitrogen and oxygen atoms in total. The van der Waals surface area contributed by atoms with Gasteiger partial charge < -0.3 is 4.52 Å². The number of thioether (sulfide) groups is 2. The summed E-state index contributed by atoms with van der Waals surface area (Å²) in [6.45, 7) is 4.21. The zero-order valence-electron chi connectivity index (χ0n) is 11.3. The first-order valence-corrected chi connectivity index (χ1v) is 8.35. The van der Waals surface area contributed by atoms with Gasteiger partial charge in [-0.15, -0.1) is 0 Å². The van der Waals surface area contributed by atoms with Gasteiger partial charge in [0.15, 0.2) is 5.82 Å². The van der Waals surface area contributed by atoms with Gasteiger partial charge in [-0.25, -0.2) is 0 Å². The summed E-state index contributed by atoms with van der Waals surface area (Å²) in [5.74, 6) is 2.36. The number of benzene rings is 1. The van der Waals surface area contributed by atoms with Crippen LogP contribution < -0.4 is 0 Å². The fourth-order valence-electron chi connectivity index (χ4n) is 1.81. The summed E-state index contributed by atoms with van der Waals surface area (Å²) in [5.41, 5.74) is 0.949. The third-order valence-electron chi connectivity index (χ3n) is 2.88. The highest BCUT2D eigenvalue weighted by atomic mass is 32.2. The largest absolute Gasteiger partial charge is 0.334 e. The molecule has 0 fully saturated rings. The molecule has 20 heavy (non-hydrogen) atoms. The maximum absolute atomic E-state index is 5.34. The second kappa shape index (κ2) is 6.01. The summed E-state index contributed by atoms with van der Waals surface area (Å²) in [7, 11) is 0. The first-order valence-electron chi connectivity index (χ1n) is 6.48. The molecule has 0 saturated carbocycles. The smallest absolute Gasteiger partial charge is 0.257 e. The van der Waals surface area contributed by atoms with Crippen molar-refractivity contribution in [3.05, 3.63) is 36.2 Å². The van der Waals surface area contributed by atoms with E-state index in [-0.39, 0.29) is 5.25 Å². The number of nitrogens with zero attached hydrogens (tertiary/aromatic N) is 3. The normalized spacial score (nSPS) is 19.9. The van der Waals surface area contributed by atoms with Crippen LogP contribution in [-0.4, -0.2) is 26.3 Å². The molecule has 0 unspecified atom stereocenters. The van der Waals surface area contributed by atoms with Crippen molar-refractivity contribution in [2.45, 2.75) is 25.1 Å². The zero-order valence-corrected chi connectivity index (χ0v) is 12.9. The summed E-state index contributed by atoms with van der Waals surface area (Å²) >= 11 is 3.50. The molecule has 3 rings (SSSR count). The number of hydrogen-bond acceptors (Lipinski definition) is 6. The molecular formula is C14H15N3OS2. The van der Waals surface area contributed by atoms with Gasteiger partial charge in [-0.1, -0.05) is 46.9 Å². The van der Waals surface area contributed by atoms with Crippen LogP contribution in [0.5, 0.6) is 0 Å². The second-order valence-corrected chi connectivity index (χ2v) is 7.24. The van der Waals surface area contributed by atoms with Crippen molar-refractivity contribution < 1.29 is 4.52 Å². The molecule has 1 aliphatic heterocycles. The van der Waals surface area contributed by atoms with E-state index in [1.165, 1.54) is 0 Å². The fraction of sp³-hybridized carbons (Fsp3) is 0.357. The summed E-state index contributed by atoms with van der Waals surface area (Å²) in [5, 5.41) is 4.23. The molecule has 0 N–H and O–H groups in total. The van der Waals surface area contributed by atoms with Gasteiger partial charge in [-0.2, -0.15) is 4.98 Å². The molecule has 0 bridgehead atoms. The average molecular weight is 305 g/mol. The second-order valence-electron chi connectivity index (χ2n) is 4.64. The Labute approximate surface area is 126 Å². The van der Waals surface area contributed by atoms with Gasteiger partial charge in [0.25, 0.3) is 5.89 Å². The van der Waals surface area contributed by atoms with Crippen molar-refractivity contribution in [2.24, 2.45) is 4.99 Å². The minimum Gasteiger partial charge on any atom is -0.334 e. The van der Waals surface area contributed by atoms with Crippen LogP contribution in [0.15, 0.2) is 39.8 Å². The Morgan fingerprint density at radius 1 is 1.35 bits per heavy atom. The van der Waals surface area contributed by atoms with Gasteiger partial charge in [0, 0.05) is 11.3 Å². The number of aliphatic imine (C=N–C) groups is 1. The Kier molecular flexibility index (Phi) is 4.12. The molecule has 1 aromatic heterocycles. The third kappa shape index (κ3) is 3.07.